The number of ether oxygens (including phenoxy) is 1. The first-order valence-electron chi connectivity index (χ1n) is 5.16. The number of halogens is 3. The molecule has 1 aromatic carbocycles. The fourth-order valence-electron chi connectivity index (χ4n) is 1.25. The van der Waals surface area contributed by atoms with Crippen molar-refractivity contribution in [2.24, 2.45) is 0 Å². The van der Waals surface area contributed by atoms with Gasteiger partial charge >= 0.3 is 12.1 Å². The summed E-state index contributed by atoms with van der Waals surface area (Å²) in [5.74, 6) is -0.572. The van der Waals surface area contributed by atoms with Crippen LogP contribution in [-0.2, 0) is 15.7 Å². The normalized spacial score (nSPS) is 11.8. The molecule has 0 saturated carbocycles. The maximum Gasteiger partial charge on any atom is 0.416 e. The van der Waals surface area contributed by atoms with Crippen LogP contribution in [0.2, 0.25) is 0 Å². The molecule has 6 heteroatoms. The van der Waals surface area contributed by atoms with Crippen LogP contribution in [0.25, 0.3) is 6.08 Å². The van der Waals surface area contributed by atoms with E-state index in [1.807, 2.05) is 0 Å². The van der Waals surface area contributed by atoms with E-state index in [9.17, 15) is 18.0 Å². The van der Waals surface area contributed by atoms with Crippen LogP contribution in [0.4, 0.5) is 18.9 Å². The molecule has 0 amide bonds. The van der Waals surface area contributed by atoms with Crippen LogP contribution in [0.1, 0.15) is 18.1 Å². The Morgan fingerprint density at radius 1 is 1.44 bits per heavy atom. The van der Waals surface area contributed by atoms with E-state index in [2.05, 4.69) is 4.74 Å². The molecule has 18 heavy (non-hydrogen) atoms. The van der Waals surface area contributed by atoms with E-state index < -0.39 is 17.7 Å². The molecule has 0 aliphatic rings. The molecule has 0 aliphatic heterocycles. The summed E-state index contributed by atoms with van der Waals surface area (Å²) in [6, 6.07) is 2.93. The summed E-state index contributed by atoms with van der Waals surface area (Å²) in [6.45, 7) is 1.88. The Labute approximate surface area is 102 Å². The topological polar surface area (TPSA) is 52.3 Å². The minimum atomic E-state index is -4.43. The lowest BCUT2D eigenvalue weighted by atomic mass is 10.1. The van der Waals surface area contributed by atoms with Crippen molar-refractivity contribution >= 4 is 17.7 Å². The van der Waals surface area contributed by atoms with Gasteiger partial charge < -0.3 is 10.5 Å². The average molecular weight is 259 g/mol. The van der Waals surface area contributed by atoms with E-state index >= 15 is 0 Å². The van der Waals surface area contributed by atoms with Crippen molar-refractivity contribution in [1.82, 2.24) is 0 Å². The smallest absolute Gasteiger partial charge is 0.416 e. The molecule has 98 valence electrons. The third-order valence-corrected chi connectivity index (χ3v) is 2.10. The third kappa shape index (κ3) is 3.80. The zero-order valence-corrected chi connectivity index (χ0v) is 9.62. The van der Waals surface area contributed by atoms with E-state index in [-0.39, 0.29) is 12.3 Å². The molecule has 0 heterocycles. The Balaban J connectivity index is 2.90. The summed E-state index contributed by atoms with van der Waals surface area (Å²) in [5, 5.41) is 0. The fourth-order valence-corrected chi connectivity index (χ4v) is 1.25. The van der Waals surface area contributed by atoms with Crippen LogP contribution in [-0.4, -0.2) is 12.6 Å². The molecule has 0 spiro atoms. The summed E-state index contributed by atoms with van der Waals surface area (Å²) in [6.07, 6.45) is -2.01. The second-order valence-electron chi connectivity index (χ2n) is 3.43. The van der Waals surface area contributed by atoms with Crippen LogP contribution in [0.5, 0.6) is 0 Å². The second-order valence-corrected chi connectivity index (χ2v) is 3.43. The lowest BCUT2D eigenvalue weighted by Gasteiger charge is -2.08. The number of hydrogen-bond acceptors (Lipinski definition) is 3. The van der Waals surface area contributed by atoms with Crippen LogP contribution >= 0.6 is 0 Å². The number of benzene rings is 1. The molecule has 3 nitrogen and oxygen atoms in total. The van der Waals surface area contributed by atoms with Crippen LogP contribution in [0.15, 0.2) is 24.3 Å². The quantitative estimate of drug-likeness (QED) is 0.516. The van der Waals surface area contributed by atoms with E-state index in [4.69, 9.17) is 5.73 Å². The summed E-state index contributed by atoms with van der Waals surface area (Å²) in [5.41, 5.74) is 4.93. The Hall–Kier alpha value is -1.98. The van der Waals surface area contributed by atoms with E-state index in [1.165, 1.54) is 12.1 Å². The zero-order chi connectivity index (χ0) is 13.8. The number of esters is 1. The molecule has 1 rings (SSSR count). The number of carbonyl (C=O) groups is 1. The number of carbonyl (C=O) groups excluding carboxylic acids is 1. The molecule has 0 saturated heterocycles. The number of rotatable bonds is 3. The Bertz CT molecular complexity index is 467. The van der Waals surface area contributed by atoms with Crippen molar-refractivity contribution in [3.8, 4) is 0 Å². The minimum Gasteiger partial charge on any atom is -0.463 e. The van der Waals surface area contributed by atoms with E-state index in [1.54, 1.807) is 6.92 Å². The van der Waals surface area contributed by atoms with Gasteiger partial charge in [0, 0.05) is 11.8 Å². The van der Waals surface area contributed by atoms with Gasteiger partial charge in [0.15, 0.2) is 0 Å². The van der Waals surface area contributed by atoms with E-state index in [0.29, 0.717) is 5.56 Å². The molecule has 0 fully saturated rings. The van der Waals surface area contributed by atoms with Gasteiger partial charge in [-0.15, -0.1) is 0 Å². The highest BCUT2D eigenvalue weighted by molar-refractivity contribution is 5.88. The molecule has 2 N–H and O–H groups in total. The van der Waals surface area contributed by atoms with Crippen molar-refractivity contribution in [3.63, 3.8) is 0 Å². The first-order chi connectivity index (χ1) is 8.34. The lowest BCUT2D eigenvalue weighted by Crippen LogP contribution is -2.06. The number of alkyl halides is 3. The predicted molar refractivity (Wildman–Crippen MR) is 61.5 cm³/mol. The van der Waals surface area contributed by atoms with Crippen molar-refractivity contribution < 1.29 is 22.7 Å². The van der Waals surface area contributed by atoms with Gasteiger partial charge in [0.05, 0.1) is 12.2 Å². The molecule has 1 aromatic rings. The van der Waals surface area contributed by atoms with Gasteiger partial charge in [-0.1, -0.05) is 6.07 Å². The van der Waals surface area contributed by atoms with Gasteiger partial charge in [0.2, 0.25) is 0 Å². The molecule has 0 unspecified atom stereocenters. The van der Waals surface area contributed by atoms with Gasteiger partial charge in [0.1, 0.15) is 0 Å². The monoisotopic (exact) mass is 259 g/mol. The number of nitrogens with two attached hydrogens (primary N) is 1. The van der Waals surface area contributed by atoms with Crippen molar-refractivity contribution in [2.45, 2.75) is 13.1 Å². The first kappa shape index (κ1) is 14.1. The Morgan fingerprint density at radius 2 is 2.11 bits per heavy atom. The molecule has 0 bridgehead atoms. The van der Waals surface area contributed by atoms with Crippen LogP contribution < -0.4 is 5.73 Å². The minimum absolute atomic E-state index is 0.0506. The first-order valence-corrected chi connectivity index (χ1v) is 5.16. The SMILES string of the molecule is CCOC(=O)/C=C/c1ccc(C(F)(F)F)cc1N. The van der Waals surface area contributed by atoms with Crippen molar-refractivity contribution in [1.29, 1.82) is 0 Å². The third-order valence-electron chi connectivity index (χ3n) is 2.10. The Kier molecular flexibility index (Phi) is 4.36. The van der Waals surface area contributed by atoms with Gasteiger partial charge in [0.25, 0.3) is 0 Å². The molecular formula is C12H12F3NO2. The van der Waals surface area contributed by atoms with Crippen LogP contribution in [0, 0.1) is 0 Å². The predicted octanol–water partition coefficient (Wildman–Crippen LogP) is 2.86. The zero-order valence-electron chi connectivity index (χ0n) is 9.62. The fraction of sp³-hybridized carbons (Fsp3) is 0.250. The summed E-state index contributed by atoms with van der Waals surface area (Å²) in [4.78, 5) is 11.0. The van der Waals surface area contributed by atoms with Crippen molar-refractivity contribution in [3.05, 3.63) is 35.4 Å². The molecule has 0 atom stereocenters. The molecule has 0 aromatic heterocycles. The van der Waals surface area contributed by atoms with E-state index in [0.717, 1.165) is 18.2 Å². The maximum atomic E-state index is 12.4. The summed E-state index contributed by atoms with van der Waals surface area (Å²) < 4.78 is 41.7. The van der Waals surface area contributed by atoms with Gasteiger partial charge in [-0.25, -0.2) is 4.79 Å². The summed E-state index contributed by atoms with van der Waals surface area (Å²) in [7, 11) is 0. The van der Waals surface area contributed by atoms with Gasteiger partial charge in [-0.3, -0.25) is 0 Å². The molecular weight excluding hydrogens is 247 g/mol. The number of hydrogen-bond donors (Lipinski definition) is 1. The van der Waals surface area contributed by atoms with Gasteiger partial charge in [-0.05, 0) is 30.7 Å². The highest BCUT2D eigenvalue weighted by Gasteiger charge is 2.30. The number of nitrogen functional groups attached to an aromatic ring is 1. The largest absolute Gasteiger partial charge is 0.463 e. The molecule has 0 aliphatic carbocycles. The number of anilines is 1. The Morgan fingerprint density at radius 3 is 2.61 bits per heavy atom. The summed E-state index contributed by atoms with van der Waals surface area (Å²) >= 11 is 0. The maximum absolute atomic E-state index is 12.4. The lowest BCUT2D eigenvalue weighted by molar-refractivity contribution is -0.138. The van der Waals surface area contributed by atoms with Crippen molar-refractivity contribution in [2.75, 3.05) is 12.3 Å². The standard InChI is InChI=1S/C12H12F3NO2/c1-2-18-11(17)6-4-8-3-5-9(7-10(8)16)12(13,14)15/h3-7H,2,16H2,1H3/b6-4+. The molecule has 0 radical (unpaired) electrons. The van der Waals surface area contributed by atoms with Gasteiger partial charge in [-0.2, -0.15) is 13.2 Å². The second kappa shape index (κ2) is 5.57. The average Bonchev–Trinajstić information content (AvgIpc) is 2.26. The highest BCUT2D eigenvalue weighted by Crippen LogP contribution is 2.31. The van der Waals surface area contributed by atoms with Crippen LogP contribution in [0.3, 0.4) is 0 Å². The highest BCUT2D eigenvalue weighted by atomic mass is 19.4.